The predicted octanol–water partition coefficient (Wildman–Crippen LogP) is 22.7. The Labute approximate surface area is 427 Å². The third-order valence-corrected chi connectivity index (χ3v) is 20.9. The van der Waals surface area contributed by atoms with Crippen LogP contribution in [0.2, 0.25) is 0 Å². The Morgan fingerprint density at radius 2 is 0.794 bits per heavy atom. The summed E-state index contributed by atoms with van der Waals surface area (Å²) >= 11 is 11.5. The molecule has 0 N–H and O–H groups in total. The van der Waals surface area contributed by atoms with Crippen molar-refractivity contribution in [2.45, 2.75) is 118 Å². The molecule has 11 aromatic rings. The molecule has 0 nitrogen and oxygen atoms in total. The molecule has 0 bridgehead atoms. The summed E-state index contributed by atoms with van der Waals surface area (Å²) in [5.74, 6) is 0. The quantitative estimate of drug-likeness (QED) is 0.0594. The van der Waals surface area contributed by atoms with E-state index in [-0.39, 0.29) is 0 Å². The van der Waals surface area contributed by atoms with Crippen molar-refractivity contribution in [1.29, 1.82) is 0 Å². The molecule has 0 amide bonds. The Hall–Kier alpha value is -4.40. The number of rotatable bonds is 18. The van der Waals surface area contributed by atoms with Crippen LogP contribution in [0, 0.1) is 13.8 Å². The van der Waals surface area contributed by atoms with Crippen molar-refractivity contribution in [3.63, 3.8) is 0 Å². The van der Waals surface area contributed by atoms with Gasteiger partial charge in [-0.05, 0) is 158 Å². The lowest BCUT2D eigenvalue weighted by atomic mass is 9.96. The van der Waals surface area contributed by atoms with Crippen LogP contribution in [0.4, 0.5) is 0 Å². The average Bonchev–Trinajstić information content (AvgIpc) is 4.22. The van der Waals surface area contributed by atoms with E-state index in [0.29, 0.717) is 0 Å². The predicted molar refractivity (Wildman–Crippen MR) is 315 cm³/mol. The standard InChI is InChI=1S/C46H48S4.C16H14S2/c1-3-5-7-9-11-13-15-31-25-41(47-29-31)43-27-33-17-19-37-35-22-24-40-38(36(35)21-23-39(37)45(33)49-43)20-18-34-28-44(50-46(34)40)42-26-32(30-48-42)16-14-12-10-8-6-4-2;1-4-13-11(3)5-6-12-8-15(18-16(12)13)14-7-10(2)9-17-14/h17-30H,3-16H2,1-2H3;4-9H,1H2,2-3H3. The van der Waals surface area contributed by atoms with Crippen LogP contribution in [-0.4, -0.2) is 0 Å². The largest absolute Gasteiger partial charge is 0.143 e. The van der Waals surface area contributed by atoms with Crippen LogP contribution in [0.1, 0.15) is 119 Å². The van der Waals surface area contributed by atoms with Crippen LogP contribution < -0.4 is 0 Å². The summed E-state index contributed by atoms with van der Waals surface area (Å²) in [4.78, 5) is 8.37. The lowest BCUT2D eigenvalue weighted by Crippen LogP contribution is -1.83. The van der Waals surface area contributed by atoms with Gasteiger partial charge in [0.25, 0.3) is 0 Å². The summed E-state index contributed by atoms with van der Waals surface area (Å²) in [6.07, 6.45) is 20.7. The number of thiophene rings is 6. The van der Waals surface area contributed by atoms with Gasteiger partial charge in [0.05, 0.1) is 0 Å². The van der Waals surface area contributed by atoms with E-state index >= 15 is 0 Å². The summed E-state index contributed by atoms with van der Waals surface area (Å²) in [6.45, 7) is 12.8. The molecule has 5 aromatic carbocycles. The highest BCUT2D eigenvalue weighted by molar-refractivity contribution is 7.27. The third kappa shape index (κ3) is 10.1. The van der Waals surface area contributed by atoms with E-state index < -0.39 is 0 Å². The summed E-state index contributed by atoms with van der Waals surface area (Å²) in [7, 11) is 0. The molecule has 11 rings (SSSR count). The molecule has 6 heterocycles. The van der Waals surface area contributed by atoms with Crippen LogP contribution >= 0.6 is 68.0 Å². The molecule has 0 aliphatic carbocycles. The molecule has 0 aliphatic heterocycles. The highest BCUT2D eigenvalue weighted by atomic mass is 32.1. The number of benzene rings is 5. The van der Waals surface area contributed by atoms with Gasteiger partial charge >= 0.3 is 0 Å². The summed E-state index contributed by atoms with van der Waals surface area (Å²) < 4.78 is 4.18. The van der Waals surface area contributed by atoms with E-state index in [0.717, 1.165) is 0 Å². The Morgan fingerprint density at radius 1 is 0.397 bits per heavy atom. The fourth-order valence-corrected chi connectivity index (χ4v) is 16.6. The van der Waals surface area contributed by atoms with Gasteiger partial charge in [0.2, 0.25) is 0 Å². The summed E-state index contributed by atoms with van der Waals surface area (Å²) in [5.41, 5.74) is 6.94. The normalized spacial score (nSPS) is 11.8. The highest BCUT2D eigenvalue weighted by Crippen LogP contribution is 2.45. The van der Waals surface area contributed by atoms with Crippen LogP contribution in [-0.2, 0) is 12.8 Å². The van der Waals surface area contributed by atoms with Gasteiger partial charge in [-0.25, -0.2) is 0 Å². The van der Waals surface area contributed by atoms with Crippen molar-refractivity contribution >= 4 is 137 Å². The van der Waals surface area contributed by atoms with Gasteiger partial charge in [0, 0.05) is 54.1 Å². The minimum atomic E-state index is 1.21. The molecule has 0 atom stereocenters. The van der Waals surface area contributed by atoms with Crippen molar-refractivity contribution < 1.29 is 0 Å². The minimum absolute atomic E-state index is 1.21. The van der Waals surface area contributed by atoms with E-state index in [1.165, 1.54) is 210 Å². The Bertz CT molecular complexity index is 3330. The SMILES string of the molecule is C=Cc1c(C)ccc2cc(-c3cc(C)cs3)sc12.CCCCCCCCc1csc(-c2cc3ccc4c5ccc6c(ccc7cc(-c8cc(CCCCCCCC)cs8)sc76)c5ccc4c3s2)c1. The maximum atomic E-state index is 3.94. The highest BCUT2D eigenvalue weighted by Gasteiger charge is 2.16. The van der Waals surface area contributed by atoms with Crippen molar-refractivity contribution in [3.05, 3.63) is 148 Å². The maximum absolute atomic E-state index is 3.94. The summed E-state index contributed by atoms with van der Waals surface area (Å²) in [6, 6.07) is 37.6. The second kappa shape index (κ2) is 21.7. The second-order valence-corrected chi connectivity index (χ2v) is 24.7. The van der Waals surface area contributed by atoms with E-state index in [1.54, 1.807) is 0 Å². The smallest absolute Gasteiger partial charge is 0.0455 e. The molecule has 0 radical (unpaired) electrons. The molecule has 0 saturated heterocycles. The second-order valence-electron chi connectivity index (χ2n) is 18.8. The molecule has 0 unspecified atom stereocenters. The third-order valence-electron chi connectivity index (χ3n) is 13.7. The number of fused-ring (bicyclic) bond motifs is 10. The van der Waals surface area contributed by atoms with Gasteiger partial charge in [-0.15, -0.1) is 68.0 Å². The van der Waals surface area contributed by atoms with Crippen LogP contribution in [0.15, 0.2) is 120 Å². The lowest BCUT2D eigenvalue weighted by molar-refractivity contribution is 0.608. The molecule has 346 valence electrons. The average molecular weight is 1000 g/mol. The lowest BCUT2D eigenvalue weighted by Gasteiger charge is -2.09. The summed E-state index contributed by atoms with van der Waals surface area (Å²) in [5, 5.41) is 19.2. The van der Waals surface area contributed by atoms with Gasteiger partial charge in [0.15, 0.2) is 0 Å². The van der Waals surface area contributed by atoms with Gasteiger partial charge in [-0.2, -0.15) is 0 Å². The molecule has 6 aromatic heterocycles. The zero-order valence-corrected chi connectivity index (χ0v) is 45.0. The van der Waals surface area contributed by atoms with E-state index in [1.807, 2.05) is 74.1 Å². The molecular formula is C62H62S6. The fraction of sp³-hybridized carbons (Fsp3) is 0.290. The molecule has 6 heteroatoms. The zero-order chi connectivity index (χ0) is 46.6. The van der Waals surface area contributed by atoms with Gasteiger partial charge in [0.1, 0.15) is 0 Å². The zero-order valence-electron chi connectivity index (χ0n) is 40.1. The van der Waals surface area contributed by atoms with Crippen molar-refractivity contribution in [2.24, 2.45) is 0 Å². The van der Waals surface area contributed by atoms with Crippen LogP contribution in [0.3, 0.4) is 0 Å². The van der Waals surface area contributed by atoms with Gasteiger partial charge in [-0.1, -0.05) is 151 Å². The molecule has 68 heavy (non-hydrogen) atoms. The van der Waals surface area contributed by atoms with Crippen molar-refractivity contribution in [2.75, 3.05) is 0 Å². The molecular weight excluding hydrogens is 937 g/mol. The monoisotopic (exact) mass is 998 g/mol. The number of unbranched alkanes of at least 4 members (excludes halogenated alkanes) is 10. The Balaban J connectivity index is 0.000000250. The first-order chi connectivity index (χ1) is 33.4. The first-order valence-electron chi connectivity index (χ1n) is 25.0. The van der Waals surface area contributed by atoms with Crippen LogP contribution in [0.25, 0.3) is 97.9 Å². The Kier molecular flexibility index (Phi) is 15.1. The topological polar surface area (TPSA) is 0 Å². The van der Waals surface area contributed by atoms with E-state index in [4.69, 9.17) is 0 Å². The molecule has 0 aliphatic rings. The van der Waals surface area contributed by atoms with Crippen LogP contribution in [0.5, 0.6) is 0 Å². The van der Waals surface area contributed by atoms with Crippen molar-refractivity contribution in [1.82, 2.24) is 0 Å². The number of hydrogen-bond donors (Lipinski definition) is 0. The van der Waals surface area contributed by atoms with E-state index in [9.17, 15) is 0 Å². The number of hydrogen-bond acceptors (Lipinski definition) is 6. The van der Waals surface area contributed by atoms with Gasteiger partial charge < -0.3 is 0 Å². The Morgan fingerprint density at radius 3 is 1.28 bits per heavy atom. The fourth-order valence-electron chi connectivity index (χ4n) is 9.92. The first-order valence-corrected chi connectivity index (χ1v) is 30.1. The van der Waals surface area contributed by atoms with Crippen molar-refractivity contribution in [3.8, 4) is 29.3 Å². The van der Waals surface area contributed by atoms with Gasteiger partial charge in [-0.3, -0.25) is 0 Å². The van der Waals surface area contributed by atoms with E-state index in [2.05, 4.69) is 147 Å². The molecule has 0 fully saturated rings. The first kappa shape index (κ1) is 47.3. The minimum Gasteiger partial charge on any atom is -0.143 e. The number of aryl methyl sites for hydroxylation is 4. The maximum Gasteiger partial charge on any atom is 0.0455 e. The molecule has 0 spiro atoms. The molecule has 0 saturated carbocycles.